The molecule has 3 rings (SSSR count). The van der Waals surface area contributed by atoms with Gasteiger partial charge < -0.3 is 14.2 Å². The van der Waals surface area contributed by atoms with E-state index in [1.54, 1.807) is 11.1 Å². The Morgan fingerprint density at radius 3 is 2.90 bits per heavy atom. The van der Waals surface area contributed by atoms with Crippen LogP contribution in [0.25, 0.3) is 0 Å². The Bertz CT molecular complexity index is 674. The Morgan fingerprint density at radius 1 is 1.38 bits per heavy atom. The van der Waals surface area contributed by atoms with Gasteiger partial charge in [0.25, 0.3) is 0 Å². The molecular weight excluding hydrogens is 270 g/mol. The number of nitrogens with zero attached hydrogens (tertiary/aromatic N) is 3. The zero-order valence-electron chi connectivity index (χ0n) is 12.3. The molecule has 2 aromatic rings. The van der Waals surface area contributed by atoms with Crippen LogP contribution in [0.15, 0.2) is 16.8 Å². The molecule has 0 aliphatic carbocycles. The molecule has 3 heterocycles. The molecule has 0 aromatic carbocycles. The van der Waals surface area contributed by atoms with Gasteiger partial charge >= 0.3 is 0 Å². The van der Waals surface area contributed by atoms with Gasteiger partial charge in [-0.15, -0.1) is 0 Å². The predicted molar refractivity (Wildman–Crippen MR) is 76.5 cm³/mol. The maximum absolute atomic E-state index is 12.6. The molecule has 1 aliphatic heterocycles. The summed E-state index contributed by atoms with van der Waals surface area (Å²) in [5.41, 5.74) is 3.35. The Hall–Kier alpha value is -2.37. The number of aromatic nitrogens is 2. The van der Waals surface area contributed by atoms with Crippen molar-refractivity contribution in [3.63, 3.8) is 0 Å². The summed E-state index contributed by atoms with van der Waals surface area (Å²) in [6, 6.07) is 1.92. The van der Waals surface area contributed by atoms with E-state index in [2.05, 4.69) is 10.1 Å². The monoisotopic (exact) mass is 287 g/mol. The second-order valence-electron chi connectivity index (χ2n) is 5.21. The minimum absolute atomic E-state index is 0.00125. The third-order valence-electron chi connectivity index (χ3n) is 3.62. The number of rotatable bonds is 2. The number of carbonyl (C=O) groups is 1. The molecule has 1 amide bonds. The van der Waals surface area contributed by atoms with Crippen molar-refractivity contribution >= 4 is 11.6 Å². The van der Waals surface area contributed by atoms with Crippen LogP contribution in [0.5, 0.6) is 5.88 Å². The lowest BCUT2D eigenvalue weighted by atomic mass is 10.1. The summed E-state index contributed by atoms with van der Waals surface area (Å²) in [6.45, 7) is 6.59. The summed E-state index contributed by atoms with van der Waals surface area (Å²) in [4.78, 5) is 18.6. The first-order chi connectivity index (χ1) is 10.1. The third kappa shape index (κ3) is 2.49. The van der Waals surface area contributed by atoms with Crippen molar-refractivity contribution in [1.82, 2.24) is 10.1 Å². The predicted octanol–water partition coefficient (Wildman–Crippen LogP) is 1.96. The molecule has 110 valence electrons. The first-order valence-corrected chi connectivity index (χ1v) is 6.88. The van der Waals surface area contributed by atoms with Crippen molar-refractivity contribution in [3.05, 3.63) is 34.8 Å². The smallest absolute Gasteiger partial charge is 0.238 e. The second-order valence-corrected chi connectivity index (χ2v) is 5.21. The van der Waals surface area contributed by atoms with E-state index in [9.17, 15) is 4.79 Å². The summed E-state index contributed by atoms with van der Waals surface area (Å²) >= 11 is 0. The number of amides is 1. The molecule has 6 nitrogen and oxygen atoms in total. The lowest BCUT2D eigenvalue weighted by Gasteiger charge is -2.29. The highest BCUT2D eigenvalue weighted by molar-refractivity contribution is 5.96. The second kappa shape index (κ2) is 5.20. The number of hydrogen-bond donors (Lipinski definition) is 0. The summed E-state index contributed by atoms with van der Waals surface area (Å²) < 4.78 is 10.6. The molecule has 0 saturated carbocycles. The highest BCUT2D eigenvalue weighted by Gasteiger charge is 2.26. The summed E-state index contributed by atoms with van der Waals surface area (Å²) in [6.07, 6.45) is 2.01. The van der Waals surface area contributed by atoms with E-state index in [4.69, 9.17) is 9.26 Å². The van der Waals surface area contributed by atoms with Crippen LogP contribution < -0.4 is 9.64 Å². The van der Waals surface area contributed by atoms with Crippen LogP contribution in [-0.2, 0) is 11.2 Å². The van der Waals surface area contributed by atoms with Crippen LogP contribution in [-0.4, -0.2) is 29.2 Å². The van der Waals surface area contributed by atoms with Gasteiger partial charge in [0.1, 0.15) is 18.1 Å². The average molecular weight is 287 g/mol. The van der Waals surface area contributed by atoms with E-state index in [0.29, 0.717) is 24.8 Å². The molecule has 2 aromatic heterocycles. The average Bonchev–Trinajstić information content (AvgIpc) is 2.78. The minimum atomic E-state index is 0.00125. The van der Waals surface area contributed by atoms with E-state index in [1.807, 2.05) is 26.8 Å². The van der Waals surface area contributed by atoms with Gasteiger partial charge in [-0.05, 0) is 32.4 Å². The number of aryl methyl sites for hydroxylation is 3. The minimum Gasteiger partial charge on any atom is -0.474 e. The van der Waals surface area contributed by atoms with Crippen molar-refractivity contribution < 1.29 is 14.1 Å². The normalized spacial score (nSPS) is 13.8. The Labute approximate surface area is 122 Å². The molecule has 0 atom stereocenters. The molecule has 6 heteroatoms. The topological polar surface area (TPSA) is 68.5 Å². The van der Waals surface area contributed by atoms with Crippen LogP contribution in [0.4, 0.5) is 5.69 Å². The summed E-state index contributed by atoms with van der Waals surface area (Å²) in [5.74, 6) is 1.21. The number of anilines is 1. The van der Waals surface area contributed by atoms with Crippen molar-refractivity contribution in [3.8, 4) is 5.88 Å². The van der Waals surface area contributed by atoms with Crippen LogP contribution in [0.2, 0.25) is 0 Å². The van der Waals surface area contributed by atoms with Crippen molar-refractivity contribution in [2.75, 3.05) is 18.1 Å². The van der Waals surface area contributed by atoms with Crippen molar-refractivity contribution in [1.29, 1.82) is 0 Å². The molecule has 0 spiro atoms. The van der Waals surface area contributed by atoms with Gasteiger partial charge in [0.2, 0.25) is 11.8 Å². The van der Waals surface area contributed by atoms with E-state index >= 15 is 0 Å². The number of pyridine rings is 1. The Kier molecular flexibility index (Phi) is 3.37. The maximum Gasteiger partial charge on any atom is 0.238 e. The fraction of sp³-hybridized carbons (Fsp3) is 0.400. The SMILES string of the molecule is Cc1cnc2c(c1)N(C(=O)Cc1c(C)noc1C)CCO2. The molecule has 0 bridgehead atoms. The van der Waals surface area contributed by atoms with E-state index in [0.717, 1.165) is 22.5 Å². The van der Waals surface area contributed by atoms with Gasteiger partial charge in [-0.1, -0.05) is 5.16 Å². The molecule has 0 radical (unpaired) electrons. The van der Waals surface area contributed by atoms with E-state index in [-0.39, 0.29) is 12.3 Å². The highest BCUT2D eigenvalue weighted by atomic mass is 16.5. The third-order valence-corrected chi connectivity index (χ3v) is 3.62. The first-order valence-electron chi connectivity index (χ1n) is 6.88. The number of carbonyl (C=O) groups excluding carboxylic acids is 1. The Morgan fingerprint density at radius 2 is 2.19 bits per heavy atom. The van der Waals surface area contributed by atoms with Gasteiger partial charge in [-0.3, -0.25) is 4.79 Å². The van der Waals surface area contributed by atoms with Crippen LogP contribution in [0, 0.1) is 20.8 Å². The molecule has 1 aliphatic rings. The lowest BCUT2D eigenvalue weighted by molar-refractivity contribution is -0.118. The van der Waals surface area contributed by atoms with Gasteiger partial charge in [-0.2, -0.15) is 0 Å². The molecule has 21 heavy (non-hydrogen) atoms. The lowest BCUT2D eigenvalue weighted by Crippen LogP contribution is -2.39. The highest BCUT2D eigenvalue weighted by Crippen LogP contribution is 2.30. The zero-order valence-corrected chi connectivity index (χ0v) is 12.3. The van der Waals surface area contributed by atoms with E-state index < -0.39 is 0 Å². The molecule has 0 fully saturated rings. The fourth-order valence-electron chi connectivity index (χ4n) is 2.46. The zero-order chi connectivity index (χ0) is 15.0. The molecular formula is C15H17N3O3. The number of ether oxygens (including phenoxy) is 1. The number of fused-ring (bicyclic) bond motifs is 1. The van der Waals surface area contributed by atoms with Gasteiger partial charge in [-0.25, -0.2) is 4.98 Å². The Balaban J connectivity index is 1.88. The number of hydrogen-bond acceptors (Lipinski definition) is 5. The molecule has 0 N–H and O–H groups in total. The summed E-state index contributed by atoms with van der Waals surface area (Å²) in [7, 11) is 0. The van der Waals surface area contributed by atoms with Crippen LogP contribution in [0.3, 0.4) is 0 Å². The van der Waals surface area contributed by atoms with Gasteiger partial charge in [0, 0.05) is 11.8 Å². The van der Waals surface area contributed by atoms with E-state index in [1.165, 1.54) is 0 Å². The maximum atomic E-state index is 12.6. The van der Waals surface area contributed by atoms with Crippen molar-refractivity contribution in [2.45, 2.75) is 27.2 Å². The molecule has 0 unspecified atom stereocenters. The van der Waals surface area contributed by atoms with Crippen LogP contribution in [0.1, 0.15) is 22.6 Å². The summed E-state index contributed by atoms with van der Waals surface area (Å²) in [5, 5.41) is 3.89. The quantitative estimate of drug-likeness (QED) is 0.844. The van der Waals surface area contributed by atoms with Gasteiger partial charge in [0.05, 0.1) is 18.7 Å². The van der Waals surface area contributed by atoms with Gasteiger partial charge in [0.15, 0.2) is 0 Å². The first kappa shape index (κ1) is 13.6. The molecule has 0 saturated heterocycles. The van der Waals surface area contributed by atoms with Crippen molar-refractivity contribution in [2.24, 2.45) is 0 Å². The fourth-order valence-corrected chi connectivity index (χ4v) is 2.46. The van der Waals surface area contributed by atoms with Crippen LogP contribution >= 0.6 is 0 Å². The largest absolute Gasteiger partial charge is 0.474 e. The standard InChI is InChI=1S/C15H17N3O3/c1-9-6-13-15(16-8-9)20-5-4-18(13)14(19)7-12-10(2)17-21-11(12)3/h6,8H,4-5,7H2,1-3H3.